The van der Waals surface area contributed by atoms with Crippen LogP contribution in [0.15, 0.2) is 42.7 Å². The molecule has 0 N–H and O–H groups in total. The molecule has 27 heavy (non-hydrogen) atoms. The van der Waals surface area contributed by atoms with Gasteiger partial charge in [-0.2, -0.15) is 0 Å². The average Bonchev–Trinajstić information content (AvgIpc) is 2.65. The van der Waals surface area contributed by atoms with Gasteiger partial charge in [-0.05, 0) is 47.2 Å². The zero-order valence-electron chi connectivity index (χ0n) is 14.6. The van der Waals surface area contributed by atoms with Crippen LogP contribution in [0.3, 0.4) is 0 Å². The second kappa shape index (κ2) is 9.95. The summed E-state index contributed by atoms with van der Waals surface area (Å²) in [5.74, 6) is -0.706. The van der Waals surface area contributed by atoms with Gasteiger partial charge in [0.05, 0.1) is 23.5 Å². The van der Waals surface area contributed by atoms with Gasteiger partial charge in [0.15, 0.2) is 0 Å². The van der Waals surface area contributed by atoms with Gasteiger partial charge in [-0.3, -0.25) is 24.7 Å². The van der Waals surface area contributed by atoms with Gasteiger partial charge >= 0.3 is 5.97 Å². The second-order valence-corrected chi connectivity index (χ2v) is 6.73. The highest BCUT2D eigenvalue weighted by atomic mass is 127. The number of nitro groups is 1. The van der Waals surface area contributed by atoms with Crippen molar-refractivity contribution in [2.75, 3.05) is 13.2 Å². The van der Waals surface area contributed by atoms with Crippen LogP contribution in [0, 0.1) is 13.7 Å². The van der Waals surface area contributed by atoms with Gasteiger partial charge in [-0.25, -0.2) is 0 Å². The fourth-order valence-corrected chi connectivity index (χ4v) is 3.11. The number of benzene rings is 1. The first kappa shape index (κ1) is 20.7. The van der Waals surface area contributed by atoms with Gasteiger partial charge < -0.3 is 9.64 Å². The largest absolute Gasteiger partial charge is 0.466 e. The summed E-state index contributed by atoms with van der Waals surface area (Å²) in [5.41, 5.74) is 1.07. The third-order valence-corrected chi connectivity index (χ3v) is 4.56. The van der Waals surface area contributed by atoms with E-state index in [0.717, 1.165) is 5.56 Å². The molecule has 1 amide bonds. The van der Waals surface area contributed by atoms with Gasteiger partial charge in [0.25, 0.3) is 11.6 Å². The molecular weight excluding hydrogens is 465 g/mol. The fraction of sp³-hybridized carbons (Fsp3) is 0.278. The van der Waals surface area contributed by atoms with E-state index in [1.165, 1.54) is 23.1 Å². The number of halogens is 1. The van der Waals surface area contributed by atoms with Crippen LogP contribution in [-0.2, 0) is 16.1 Å². The van der Waals surface area contributed by atoms with E-state index < -0.39 is 4.92 Å². The topological polar surface area (TPSA) is 103 Å². The Bertz CT molecular complexity index is 829. The van der Waals surface area contributed by atoms with Crippen LogP contribution < -0.4 is 0 Å². The van der Waals surface area contributed by atoms with Crippen molar-refractivity contribution >= 4 is 40.2 Å². The predicted molar refractivity (Wildman–Crippen MR) is 106 cm³/mol. The molecule has 1 heterocycles. The smallest absolute Gasteiger partial charge is 0.307 e. The Morgan fingerprint density at radius 3 is 2.70 bits per heavy atom. The molecule has 0 fully saturated rings. The minimum atomic E-state index is -0.509. The summed E-state index contributed by atoms with van der Waals surface area (Å²) >= 11 is 1.90. The first-order chi connectivity index (χ1) is 12.9. The Balaban J connectivity index is 2.24. The Morgan fingerprint density at radius 2 is 2.11 bits per heavy atom. The summed E-state index contributed by atoms with van der Waals surface area (Å²) in [6, 6.07) is 7.67. The molecule has 0 spiro atoms. The van der Waals surface area contributed by atoms with Gasteiger partial charge in [-0.15, -0.1) is 0 Å². The summed E-state index contributed by atoms with van der Waals surface area (Å²) in [5, 5.41) is 10.9. The summed E-state index contributed by atoms with van der Waals surface area (Å²) in [4.78, 5) is 40.6. The lowest BCUT2D eigenvalue weighted by Crippen LogP contribution is -2.33. The molecule has 0 saturated heterocycles. The normalized spacial score (nSPS) is 10.3. The van der Waals surface area contributed by atoms with Crippen molar-refractivity contribution in [2.24, 2.45) is 0 Å². The Morgan fingerprint density at radius 1 is 1.33 bits per heavy atom. The van der Waals surface area contributed by atoms with Gasteiger partial charge in [-0.1, -0.05) is 6.07 Å². The van der Waals surface area contributed by atoms with Crippen molar-refractivity contribution in [1.82, 2.24) is 9.88 Å². The van der Waals surface area contributed by atoms with Crippen molar-refractivity contribution in [3.8, 4) is 0 Å². The maximum Gasteiger partial charge on any atom is 0.307 e. The van der Waals surface area contributed by atoms with E-state index in [1.807, 2.05) is 28.7 Å². The number of aromatic nitrogens is 1. The van der Waals surface area contributed by atoms with Crippen LogP contribution in [0.5, 0.6) is 0 Å². The fourth-order valence-electron chi connectivity index (χ4n) is 2.39. The van der Waals surface area contributed by atoms with E-state index in [-0.39, 0.29) is 43.7 Å². The number of hydrogen-bond donors (Lipinski definition) is 0. The number of rotatable bonds is 8. The molecule has 0 aliphatic rings. The van der Waals surface area contributed by atoms with E-state index in [4.69, 9.17) is 4.74 Å². The molecule has 2 aromatic rings. The maximum atomic E-state index is 13.0. The second-order valence-electron chi connectivity index (χ2n) is 5.56. The highest BCUT2D eigenvalue weighted by Crippen LogP contribution is 2.22. The Labute approximate surface area is 169 Å². The number of ether oxygens (including phenoxy) is 1. The summed E-state index contributed by atoms with van der Waals surface area (Å²) in [6.07, 6.45) is 3.34. The number of nitro benzene ring substituents is 1. The van der Waals surface area contributed by atoms with Crippen molar-refractivity contribution < 1.29 is 19.2 Å². The number of non-ortho nitro benzene ring substituents is 1. The zero-order chi connectivity index (χ0) is 19.8. The van der Waals surface area contributed by atoms with Crippen LogP contribution in [0.1, 0.15) is 29.3 Å². The summed E-state index contributed by atoms with van der Waals surface area (Å²) in [6.45, 7) is 2.42. The lowest BCUT2D eigenvalue weighted by Gasteiger charge is -2.23. The molecule has 142 valence electrons. The number of carbonyl (C=O) groups excluding carboxylic acids is 2. The molecule has 0 aliphatic heterocycles. The van der Waals surface area contributed by atoms with Crippen molar-refractivity contribution in [3.63, 3.8) is 0 Å². The summed E-state index contributed by atoms with van der Waals surface area (Å²) < 4.78 is 5.40. The molecular formula is C18H18IN3O5. The summed E-state index contributed by atoms with van der Waals surface area (Å²) in [7, 11) is 0. The number of nitrogens with zero attached hydrogens (tertiary/aromatic N) is 3. The quantitative estimate of drug-likeness (QED) is 0.247. The third kappa shape index (κ3) is 5.98. The molecule has 9 heteroatoms. The average molecular weight is 483 g/mol. The Hall–Kier alpha value is -2.56. The SMILES string of the molecule is CCOC(=O)CCN(Cc1cccnc1)C(=O)c1ccc([N+](=O)[O-])cc1I. The van der Waals surface area contributed by atoms with Gasteiger partial charge in [0, 0.05) is 41.2 Å². The maximum absolute atomic E-state index is 13.0. The molecule has 0 radical (unpaired) electrons. The van der Waals surface area contributed by atoms with E-state index in [1.54, 1.807) is 25.4 Å². The molecule has 8 nitrogen and oxygen atoms in total. The molecule has 0 aliphatic carbocycles. The van der Waals surface area contributed by atoms with Gasteiger partial charge in [0.2, 0.25) is 0 Å². The van der Waals surface area contributed by atoms with Crippen LogP contribution in [0.25, 0.3) is 0 Å². The standard InChI is InChI=1S/C18H18IN3O5/c1-2-27-17(23)7-9-21(12-13-4-3-8-20-11-13)18(24)15-6-5-14(22(25)26)10-16(15)19/h3-6,8,10-11H,2,7,9,12H2,1H3. The molecule has 2 rings (SSSR count). The molecule has 1 aromatic heterocycles. The number of hydrogen-bond acceptors (Lipinski definition) is 6. The van der Waals surface area contributed by atoms with E-state index in [9.17, 15) is 19.7 Å². The number of pyridine rings is 1. The minimum absolute atomic E-state index is 0.0589. The minimum Gasteiger partial charge on any atom is -0.466 e. The van der Waals surface area contributed by atoms with E-state index >= 15 is 0 Å². The van der Waals surface area contributed by atoms with Crippen LogP contribution >= 0.6 is 22.6 Å². The van der Waals surface area contributed by atoms with E-state index in [2.05, 4.69) is 4.98 Å². The highest BCUT2D eigenvalue weighted by molar-refractivity contribution is 14.1. The first-order valence-electron chi connectivity index (χ1n) is 8.20. The van der Waals surface area contributed by atoms with Crippen LogP contribution in [-0.4, -0.2) is 39.8 Å². The predicted octanol–water partition coefficient (Wildman–Crippen LogP) is 3.19. The van der Waals surface area contributed by atoms with Crippen LogP contribution in [0.2, 0.25) is 0 Å². The van der Waals surface area contributed by atoms with Crippen molar-refractivity contribution in [1.29, 1.82) is 0 Å². The molecule has 0 atom stereocenters. The highest BCUT2D eigenvalue weighted by Gasteiger charge is 2.21. The lowest BCUT2D eigenvalue weighted by atomic mass is 10.1. The first-order valence-corrected chi connectivity index (χ1v) is 9.28. The monoisotopic (exact) mass is 483 g/mol. The number of esters is 1. The number of amides is 1. The van der Waals surface area contributed by atoms with Crippen LogP contribution in [0.4, 0.5) is 5.69 Å². The zero-order valence-corrected chi connectivity index (χ0v) is 16.8. The Kier molecular flexibility index (Phi) is 7.65. The number of carbonyl (C=O) groups is 2. The van der Waals surface area contributed by atoms with Crippen molar-refractivity contribution in [3.05, 3.63) is 67.5 Å². The molecule has 1 aromatic carbocycles. The third-order valence-electron chi connectivity index (χ3n) is 3.67. The van der Waals surface area contributed by atoms with E-state index in [0.29, 0.717) is 9.13 Å². The lowest BCUT2D eigenvalue weighted by molar-refractivity contribution is -0.384. The van der Waals surface area contributed by atoms with Gasteiger partial charge in [0.1, 0.15) is 0 Å². The molecule has 0 unspecified atom stereocenters. The van der Waals surface area contributed by atoms with Crippen molar-refractivity contribution in [2.45, 2.75) is 19.9 Å². The molecule has 0 saturated carbocycles. The molecule has 0 bridgehead atoms.